The van der Waals surface area contributed by atoms with Gasteiger partial charge >= 0.3 is 0 Å². The molecule has 1 N–H and O–H groups in total. The fourth-order valence-electron chi connectivity index (χ4n) is 1.66. The molecule has 0 aliphatic carbocycles. The van der Waals surface area contributed by atoms with Crippen LogP contribution in [0.3, 0.4) is 0 Å². The molecule has 0 aliphatic rings. The number of aryl methyl sites for hydroxylation is 1. The zero-order valence-electron chi connectivity index (χ0n) is 11.1. The smallest absolute Gasteiger partial charge is 0.261 e. The Morgan fingerprint density at radius 2 is 1.75 bits per heavy atom. The van der Waals surface area contributed by atoms with Crippen LogP contribution in [0.15, 0.2) is 47.4 Å². The van der Waals surface area contributed by atoms with Crippen LogP contribution in [0.25, 0.3) is 0 Å². The summed E-state index contributed by atoms with van der Waals surface area (Å²) in [5.41, 5.74) is 1.32. The van der Waals surface area contributed by atoms with Crippen LogP contribution < -0.4 is 9.46 Å². The van der Waals surface area contributed by atoms with E-state index in [4.69, 9.17) is 16.3 Å². The second kappa shape index (κ2) is 5.73. The summed E-state index contributed by atoms with van der Waals surface area (Å²) in [7, 11) is -2.14. The molecule has 0 amide bonds. The van der Waals surface area contributed by atoms with Gasteiger partial charge < -0.3 is 4.74 Å². The third-order valence-corrected chi connectivity index (χ3v) is 4.43. The highest BCUT2D eigenvalue weighted by Crippen LogP contribution is 2.26. The predicted octanol–water partition coefficient (Wildman–Crippen LogP) is 3.46. The molecule has 0 aromatic heterocycles. The van der Waals surface area contributed by atoms with Gasteiger partial charge in [0.2, 0.25) is 0 Å². The van der Waals surface area contributed by atoms with E-state index in [1.54, 1.807) is 30.3 Å². The van der Waals surface area contributed by atoms with Gasteiger partial charge in [0.1, 0.15) is 5.75 Å². The van der Waals surface area contributed by atoms with Crippen molar-refractivity contribution in [3.63, 3.8) is 0 Å². The number of halogens is 1. The Labute approximate surface area is 123 Å². The second-order valence-corrected chi connectivity index (χ2v) is 6.35. The molecule has 0 fully saturated rings. The number of nitrogens with one attached hydrogen (secondary N) is 1. The van der Waals surface area contributed by atoms with Crippen molar-refractivity contribution in [2.24, 2.45) is 0 Å². The molecule has 2 aromatic carbocycles. The van der Waals surface area contributed by atoms with E-state index in [0.29, 0.717) is 16.5 Å². The third-order valence-electron chi connectivity index (χ3n) is 2.74. The molecule has 6 heteroatoms. The molecular weight excluding hydrogens is 298 g/mol. The zero-order chi connectivity index (χ0) is 14.8. The van der Waals surface area contributed by atoms with Gasteiger partial charge in [-0.15, -0.1) is 0 Å². The minimum Gasteiger partial charge on any atom is -0.497 e. The van der Waals surface area contributed by atoms with Crippen LogP contribution in [0.5, 0.6) is 5.75 Å². The van der Waals surface area contributed by atoms with Crippen molar-refractivity contribution in [2.75, 3.05) is 11.8 Å². The molecule has 0 unspecified atom stereocenters. The van der Waals surface area contributed by atoms with Crippen LogP contribution in [0.2, 0.25) is 5.02 Å². The van der Waals surface area contributed by atoms with E-state index in [0.717, 1.165) is 5.56 Å². The number of rotatable bonds is 4. The summed E-state index contributed by atoms with van der Waals surface area (Å²) in [4.78, 5) is 0.148. The molecule has 0 aliphatic heterocycles. The Kier molecular flexibility index (Phi) is 4.20. The number of anilines is 1. The predicted molar refractivity (Wildman–Crippen MR) is 80.0 cm³/mol. The molecule has 0 bridgehead atoms. The van der Waals surface area contributed by atoms with Gasteiger partial charge in [-0.1, -0.05) is 17.7 Å². The average molecular weight is 312 g/mol. The van der Waals surface area contributed by atoms with E-state index in [1.165, 1.54) is 19.2 Å². The highest BCUT2D eigenvalue weighted by atomic mass is 35.5. The molecule has 106 valence electrons. The van der Waals surface area contributed by atoms with Crippen molar-refractivity contribution >= 4 is 27.3 Å². The van der Waals surface area contributed by atoms with Crippen molar-refractivity contribution in [3.8, 4) is 5.75 Å². The normalized spacial score (nSPS) is 11.2. The summed E-state index contributed by atoms with van der Waals surface area (Å²) in [6, 6.07) is 11.3. The molecule has 4 nitrogen and oxygen atoms in total. The van der Waals surface area contributed by atoms with Crippen molar-refractivity contribution in [2.45, 2.75) is 11.8 Å². The van der Waals surface area contributed by atoms with Crippen molar-refractivity contribution < 1.29 is 13.2 Å². The van der Waals surface area contributed by atoms with E-state index in [1.807, 2.05) is 6.92 Å². The van der Waals surface area contributed by atoms with Gasteiger partial charge in [-0.3, -0.25) is 4.72 Å². The first-order valence-electron chi connectivity index (χ1n) is 5.85. The van der Waals surface area contributed by atoms with Gasteiger partial charge in [-0.25, -0.2) is 8.42 Å². The minimum absolute atomic E-state index is 0.148. The number of ether oxygens (including phenoxy) is 1. The fraction of sp³-hybridized carbons (Fsp3) is 0.143. The lowest BCUT2D eigenvalue weighted by Gasteiger charge is -2.10. The van der Waals surface area contributed by atoms with Gasteiger partial charge in [-0.05, 0) is 48.9 Å². The molecule has 0 saturated heterocycles. The monoisotopic (exact) mass is 311 g/mol. The van der Waals surface area contributed by atoms with Gasteiger partial charge in [0, 0.05) is 0 Å². The molecule has 0 heterocycles. The molecular formula is C14H14ClNO3S. The lowest BCUT2D eigenvalue weighted by Crippen LogP contribution is -2.13. The largest absolute Gasteiger partial charge is 0.497 e. The van der Waals surface area contributed by atoms with Gasteiger partial charge in [0.15, 0.2) is 0 Å². The summed E-state index contributed by atoms with van der Waals surface area (Å²) < 4.78 is 31.9. The molecule has 0 atom stereocenters. The van der Waals surface area contributed by atoms with Crippen LogP contribution in [0.1, 0.15) is 5.56 Å². The van der Waals surface area contributed by atoms with Crippen molar-refractivity contribution in [1.29, 1.82) is 0 Å². The lowest BCUT2D eigenvalue weighted by molar-refractivity contribution is 0.414. The van der Waals surface area contributed by atoms with Gasteiger partial charge in [-0.2, -0.15) is 0 Å². The number of hydrogen-bond acceptors (Lipinski definition) is 3. The summed E-state index contributed by atoms with van der Waals surface area (Å²) in [6.07, 6.45) is 0. The van der Waals surface area contributed by atoms with Crippen LogP contribution >= 0.6 is 11.6 Å². The van der Waals surface area contributed by atoms with Crippen LogP contribution in [0.4, 0.5) is 5.69 Å². The van der Waals surface area contributed by atoms with Crippen LogP contribution in [0, 0.1) is 6.92 Å². The standard InChI is InChI=1S/C14H14ClNO3S/c1-10-3-8-14(13(15)9-10)16-20(17,18)12-6-4-11(19-2)5-7-12/h3-9,16H,1-2H3. The maximum atomic E-state index is 12.2. The first kappa shape index (κ1) is 14.7. The molecule has 0 radical (unpaired) electrons. The maximum Gasteiger partial charge on any atom is 0.261 e. The first-order valence-corrected chi connectivity index (χ1v) is 7.71. The van der Waals surface area contributed by atoms with Crippen LogP contribution in [-0.4, -0.2) is 15.5 Å². The Hall–Kier alpha value is -1.72. The Morgan fingerprint density at radius 3 is 2.30 bits per heavy atom. The van der Waals surface area contributed by atoms with E-state index in [2.05, 4.69) is 4.72 Å². The molecule has 20 heavy (non-hydrogen) atoms. The zero-order valence-corrected chi connectivity index (χ0v) is 12.6. The Morgan fingerprint density at radius 1 is 1.10 bits per heavy atom. The average Bonchev–Trinajstić information content (AvgIpc) is 2.42. The van der Waals surface area contributed by atoms with E-state index < -0.39 is 10.0 Å². The summed E-state index contributed by atoms with van der Waals surface area (Å²) in [5.74, 6) is 0.595. The van der Waals surface area contributed by atoms with E-state index in [-0.39, 0.29) is 4.90 Å². The fourth-order valence-corrected chi connectivity index (χ4v) is 3.08. The molecule has 0 saturated carbocycles. The van der Waals surface area contributed by atoms with E-state index >= 15 is 0 Å². The molecule has 2 aromatic rings. The van der Waals surface area contributed by atoms with E-state index in [9.17, 15) is 8.42 Å². The topological polar surface area (TPSA) is 55.4 Å². The maximum absolute atomic E-state index is 12.2. The Bertz CT molecular complexity index is 712. The lowest BCUT2D eigenvalue weighted by atomic mass is 10.2. The second-order valence-electron chi connectivity index (χ2n) is 4.26. The highest BCUT2D eigenvalue weighted by molar-refractivity contribution is 7.92. The van der Waals surface area contributed by atoms with Crippen molar-refractivity contribution in [3.05, 3.63) is 53.1 Å². The molecule has 2 rings (SSSR count). The highest BCUT2D eigenvalue weighted by Gasteiger charge is 2.15. The molecule has 0 spiro atoms. The SMILES string of the molecule is COc1ccc(S(=O)(=O)Nc2ccc(C)cc2Cl)cc1. The van der Waals surface area contributed by atoms with Gasteiger partial charge in [0.05, 0.1) is 22.7 Å². The minimum atomic E-state index is -3.66. The van der Waals surface area contributed by atoms with Crippen LogP contribution in [-0.2, 0) is 10.0 Å². The van der Waals surface area contributed by atoms with Crippen molar-refractivity contribution in [1.82, 2.24) is 0 Å². The summed E-state index contributed by atoms with van der Waals surface area (Å²) in [5, 5.41) is 0.363. The summed E-state index contributed by atoms with van der Waals surface area (Å²) in [6.45, 7) is 1.88. The van der Waals surface area contributed by atoms with Gasteiger partial charge in [0.25, 0.3) is 10.0 Å². The number of hydrogen-bond donors (Lipinski definition) is 1. The number of benzene rings is 2. The third kappa shape index (κ3) is 3.23. The Balaban J connectivity index is 2.30. The number of methoxy groups -OCH3 is 1. The quantitative estimate of drug-likeness (QED) is 0.940. The summed E-state index contributed by atoms with van der Waals surface area (Å²) >= 11 is 6.02. The first-order chi connectivity index (χ1) is 9.42. The number of sulfonamides is 1.